The molecule has 0 aliphatic carbocycles. The van der Waals surface area contributed by atoms with Crippen LogP contribution in [0.1, 0.15) is 10.4 Å². The lowest BCUT2D eigenvalue weighted by Gasteiger charge is -2.30. The first kappa shape index (κ1) is 25.3. The van der Waals surface area contributed by atoms with E-state index in [9.17, 15) is 22.4 Å². The minimum atomic E-state index is -3.62. The van der Waals surface area contributed by atoms with E-state index in [0.717, 1.165) is 12.5 Å². The molecule has 5 aromatic rings. The highest BCUT2D eigenvalue weighted by molar-refractivity contribution is 7.90. The second kappa shape index (κ2) is 9.64. The maximum atomic E-state index is 14.8. The molecule has 1 fully saturated rings. The summed E-state index contributed by atoms with van der Waals surface area (Å²) in [6.07, 6.45) is 6.26. The van der Waals surface area contributed by atoms with Crippen LogP contribution in [0, 0.1) is 5.82 Å². The number of carbonyl (C=O) groups is 2. The molecule has 5 heterocycles. The van der Waals surface area contributed by atoms with Gasteiger partial charge in [0.15, 0.2) is 11.6 Å². The molecule has 1 amide bonds. The fraction of sp³-hybridized carbons (Fsp3) is 0.208. The van der Waals surface area contributed by atoms with E-state index in [1.165, 1.54) is 28.2 Å². The maximum absolute atomic E-state index is 14.8. The fourth-order valence-electron chi connectivity index (χ4n) is 4.58. The number of amides is 1. The molecule has 204 valence electrons. The summed E-state index contributed by atoms with van der Waals surface area (Å²) in [6.45, 7) is 0.888. The number of ketones is 1. The van der Waals surface area contributed by atoms with Gasteiger partial charge in [0.2, 0.25) is 9.84 Å². The molecule has 2 N–H and O–H groups in total. The molecule has 40 heavy (non-hydrogen) atoms. The van der Waals surface area contributed by atoms with Crippen LogP contribution in [0.3, 0.4) is 0 Å². The largest absolute Gasteiger partial charge is 0.420 e. The fourth-order valence-corrected chi connectivity index (χ4v) is 5.09. The molecule has 1 saturated heterocycles. The molecule has 16 heteroatoms. The first-order chi connectivity index (χ1) is 19.2. The lowest BCUT2D eigenvalue weighted by Crippen LogP contribution is -2.53. The van der Waals surface area contributed by atoms with Crippen molar-refractivity contribution in [2.75, 3.05) is 37.3 Å². The molecule has 0 saturated carbocycles. The first-order valence-corrected chi connectivity index (χ1v) is 14.0. The number of Topliss-reactive ketones (excluding diaryl/α,β-unsaturated/α-hetero) is 1. The molecular weight excluding hydrogens is 543 g/mol. The van der Waals surface area contributed by atoms with Gasteiger partial charge in [-0.05, 0) is 17.1 Å². The second-order valence-corrected chi connectivity index (χ2v) is 11.0. The Balaban J connectivity index is 1.23. The summed E-state index contributed by atoms with van der Waals surface area (Å²) in [5.41, 5.74) is 0.766. The number of nitrogens with zero attached hydrogens (tertiary/aromatic N) is 8. The number of para-hydroxylation sites is 1. The van der Waals surface area contributed by atoms with Gasteiger partial charge < -0.3 is 9.88 Å². The molecule has 4 aromatic heterocycles. The molecule has 0 unspecified atom stereocenters. The zero-order chi connectivity index (χ0) is 28.0. The number of benzene rings is 1. The Bertz CT molecular complexity index is 1840. The van der Waals surface area contributed by atoms with Gasteiger partial charge in [-0.2, -0.15) is 0 Å². The van der Waals surface area contributed by atoms with Crippen molar-refractivity contribution in [1.29, 1.82) is 0 Å². The van der Waals surface area contributed by atoms with Crippen molar-refractivity contribution >= 4 is 38.4 Å². The van der Waals surface area contributed by atoms with Gasteiger partial charge in [-0.1, -0.05) is 23.4 Å². The average molecular weight is 566 g/mol. The third-order valence-electron chi connectivity index (χ3n) is 6.55. The monoisotopic (exact) mass is 565 g/mol. The standard InChI is InChI=1S/C24H21FN10O4S/c1-40(38,39)23-29-24(35(30-23)15-5-3-2-4-6-15)33-11-9-32(10-12-33)22(37)20(36)16-13-26-19-18(16)17(25)14-27-21(19)34-8-7-28-31-34/h2-8,13-14H,9-12H2,1H3,(H,26,27,36)/p+1. The lowest BCUT2D eigenvalue weighted by atomic mass is 10.1. The molecule has 0 bridgehead atoms. The molecule has 0 radical (unpaired) electrons. The van der Waals surface area contributed by atoms with E-state index in [2.05, 4.69) is 30.4 Å². The van der Waals surface area contributed by atoms with Crippen molar-refractivity contribution in [3.8, 4) is 11.5 Å². The number of aromatic nitrogens is 8. The molecule has 0 spiro atoms. The van der Waals surface area contributed by atoms with E-state index in [-0.39, 0.29) is 53.6 Å². The normalized spacial score (nSPS) is 14.2. The number of anilines is 1. The molecule has 14 nitrogen and oxygen atoms in total. The Labute approximate surface area is 226 Å². The highest BCUT2D eigenvalue weighted by Gasteiger charge is 2.36. The van der Waals surface area contributed by atoms with Gasteiger partial charge in [-0.15, -0.1) is 9.78 Å². The van der Waals surface area contributed by atoms with Crippen molar-refractivity contribution < 1.29 is 27.1 Å². The molecule has 6 rings (SSSR count). The van der Waals surface area contributed by atoms with Crippen LogP contribution in [0.2, 0.25) is 0 Å². The van der Waals surface area contributed by atoms with Gasteiger partial charge >= 0.3 is 11.1 Å². The van der Waals surface area contributed by atoms with Gasteiger partial charge in [0.1, 0.15) is 5.69 Å². The zero-order valence-electron chi connectivity index (χ0n) is 21.0. The number of carbonyl (C=O) groups excluding carboxylic acids is 2. The Morgan fingerprint density at radius 2 is 1.85 bits per heavy atom. The number of nitrogens with one attached hydrogen (secondary N) is 2. The highest BCUT2D eigenvalue weighted by atomic mass is 32.2. The third kappa shape index (κ3) is 4.37. The Morgan fingerprint density at radius 1 is 1.10 bits per heavy atom. The summed E-state index contributed by atoms with van der Waals surface area (Å²) >= 11 is 0. The number of sulfone groups is 1. The first-order valence-electron chi connectivity index (χ1n) is 12.1. The summed E-state index contributed by atoms with van der Waals surface area (Å²) in [5, 5.41) is 10.1. The molecule has 0 atom stereocenters. The van der Waals surface area contributed by atoms with Crippen molar-refractivity contribution in [3.63, 3.8) is 0 Å². The number of aromatic amines is 2. The van der Waals surface area contributed by atoms with Crippen molar-refractivity contribution in [2.24, 2.45) is 0 Å². The van der Waals surface area contributed by atoms with Gasteiger partial charge in [0, 0.05) is 12.5 Å². The maximum Gasteiger partial charge on any atom is 0.420 e. The van der Waals surface area contributed by atoms with E-state index in [4.69, 9.17) is 0 Å². The quantitative estimate of drug-likeness (QED) is 0.166. The van der Waals surface area contributed by atoms with Crippen LogP contribution in [-0.2, 0) is 14.6 Å². The number of halogens is 1. The van der Waals surface area contributed by atoms with Crippen molar-refractivity contribution in [2.45, 2.75) is 5.16 Å². The van der Waals surface area contributed by atoms with Crippen LogP contribution < -0.4 is 9.58 Å². The number of piperazine rings is 1. The molecular formula is C24H22FN10O4S+. The Kier molecular flexibility index (Phi) is 6.10. The lowest BCUT2D eigenvalue weighted by molar-refractivity contribution is -0.646. The minimum Gasteiger partial charge on any atom is -0.357 e. The Morgan fingerprint density at radius 3 is 2.52 bits per heavy atom. The van der Waals surface area contributed by atoms with E-state index < -0.39 is 27.3 Å². The molecule has 1 aliphatic heterocycles. The Hall–Kier alpha value is -4.99. The van der Waals surface area contributed by atoms with Crippen LogP contribution in [0.4, 0.5) is 10.3 Å². The van der Waals surface area contributed by atoms with Crippen molar-refractivity contribution in [3.05, 3.63) is 66.5 Å². The van der Waals surface area contributed by atoms with E-state index >= 15 is 0 Å². The predicted octanol–water partition coefficient (Wildman–Crippen LogP) is 0.218. The van der Waals surface area contributed by atoms with Gasteiger partial charge in [0.25, 0.3) is 11.7 Å². The number of hydrogen-bond donors (Lipinski definition) is 2. The summed E-state index contributed by atoms with van der Waals surface area (Å²) in [6, 6.07) is 9.07. The number of H-pyrrole nitrogens is 2. The van der Waals surface area contributed by atoms with Gasteiger partial charge in [-0.25, -0.2) is 27.6 Å². The molecule has 1 aromatic carbocycles. The van der Waals surface area contributed by atoms with Crippen LogP contribution in [0.5, 0.6) is 0 Å². The van der Waals surface area contributed by atoms with Crippen LogP contribution in [0.15, 0.2) is 60.3 Å². The highest BCUT2D eigenvalue weighted by Crippen LogP contribution is 2.26. The van der Waals surface area contributed by atoms with E-state index in [1.54, 1.807) is 16.8 Å². The zero-order valence-corrected chi connectivity index (χ0v) is 21.8. The minimum absolute atomic E-state index is 0.0637. The SMILES string of the molecule is CS(=O)(=O)c1nc(N2CCN(C(=O)C(=O)c3c[nH]c4c(-n5ccnn5)ncc(F)c34)CC2)[n+](-c2ccccc2)[nH]1. The second-order valence-electron chi connectivity index (χ2n) is 9.11. The summed E-state index contributed by atoms with van der Waals surface area (Å²) in [4.78, 5) is 40.8. The average Bonchev–Trinajstić information content (AvgIpc) is 3.73. The van der Waals surface area contributed by atoms with Crippen LogP contribution in [0.25, 0.3) is 22.4 Å². The number of fused-ring (bicyclic) bond motifs is 1. The molecule has 1 aliphatic rings. The van der Waals surface area contributed by atoms with Gasteiger partial charge in [-0.3, -0.25) is 14.5 Å². The number of pyridine rings is 1. The van der Waals surface area contributed by atoms with Crippen LogP contribution in [-0.4, -0.2) is 92.5 Å². The van der Waals surface area contributed by atoms with Crippen molar-refractivity contribution in [1.82, 2.24) is 39.9 Å². The number of hydrogen-bond acceptors (Lipinski definition) is 9. The number of rotatable bonds is 6. The summed E-state index contributed by atoms with van der Waals surface area (Å²) in [5.74, 6) is -1.82. The van der Waals surface area contributed by atoms with E-state index in [0.29, 0.717) is 11.6 Å². The van der Waals surface area contributed by atoms with E-state index in [1.807, 2.05) is 23.1 Å². The summed E-state index contributed by atoms with van der Waals surface area (Å²) < 4.78 is 42.1. The predicted molar refractivity (Wildman–Crippen MR) is 137 cm³/mol. The topological polar surface area (TPSA) is 167 Å². The van der Waals surface area contributed by atoms with Gasteiger partial charge in [0.05, 0.1) is 61.2 Å². The summed E-state index contributed by atoms with van der Waals surface area (Å²) in [7, 11) is -3.62. The third-order valence-corrected chi connectivity index (χ3v) is 7.43. The smallest absolute Gasteiger partial charge is 0.357 e. The van der Waals surface area contributed by atoms with Crippen LogP contribution >= 0.6 is 0 Å².